The molecule has 1 aliphatic heterocycles. The molecule has 1 aromatic heterocycles. The fraction of sp³-hybridized carbons (Fsp3) is 0.370. The van der Waals surface area contributed by atoms with E-state index < -0.39 is 10.0 Å². The number of rotatable bonds is 10. The van der Waals surface area contributed by atoms with E-state index >= 15 is 0 Å². The molecule has 2 aromatic carbocycles. The highest BCUT2D eigenvalue weighted by atomic mass is 32.2. The van der Waals surface area contributed by atoms with Gasteiger partial charge >= 0.3 is 0 Å². The number of sulfonamides is 1. The summed E-state index contributed by atoms with van der Waals surface area (Å²) in [5.41, 5.74) is 3.06. The second kappa shape index (κ2) is 12.0. The first-order valence-corrected chi connectivity index (χ1v) is 14.4. The molecule has 4 rings (SSSR count). The molecule has 7 nitrogen and oxygen atoms in total. The summed E-state index contributed by atoms with van der Waals surface area (Å²) in [5, 5.41) is 6.43. The molecule has 0 unspecified atom stereocenters. The molecule has 1 amide bonds. The summed E-state index contributed by atoms with van der Waals surface area (Å²) >= 11 is 1.21. The molecule has 3 aromatic rings. The summed E-state index contributed by atoms with van der Waals surface area (Å²) in [6.45, 7) is 4.25. The third kappa shape index (κ3) is 6.73. The van der Waals surface area contributed by atoms with Crippen molar-refractivity contribution in [2.45, 2.75) is 43.0 Å². The van der Waals surface area contributed by atoms with Crippen molar-refractivity contribution in [2.75, 3.05) is 26.7 Å². The van der Waals surface area contributed by atoms with Crippen LogP contribution in [0, 0.1) is 6.92 Å². The third-order valence-corrected chi connectivity index (χ3v) is 9.86. The molecule has 0 aliphatic carbocycles. The van der Waals surface area contributed by atoms with Crippen LogP contribution in [0.25, 0.3) is 0 Å². The Kier molecular flexibility index (Phi) is 8.79. The van der Waals surface area contributed by atoms with Crippen molar-refractivity contribution in [3.8, 4) is 5.75 Å². The highest BCUT2D eigenvalue weighted by Crippen LogP contribution is 2.27. The van der Waals surface area contributed by atoms with E-state index in [1.54, 1.807) is 47.8 Å². The first kappa shape index (κ1) is 26.3. The highest BCUT2D eigenvalue weighted by Gasteiger charge is 2.30. The maximum Gasteiger partial charge on any atom is 0.252 e. The first-order chi connectivity index (χ1) is 17.3. The van der Waals surface area contributed by atoms with Crippen LogP contribution in [-0.2, 0) is 23.0 Å². The molecule has 2 heterocycles. The van der Waals surface area contributed by atoms with Crippen LogP contribution in [0.1, 0.15) is 39.2 Å². The van der Waals surface area contributed by atoms with Gasteiger partial charge in [0.1, 0.15) is 9.96 Å². The number of hydrogen-bond donors (Lipinski definition) is 2. The third-order valence-electron chi connectivity index (χ3n) is 6.41. The van der Waals surface area contributed by atoms with Crippen molar-refractivity contribution in [3.05, 3.63) is 82.2 Å². The molecule has 0 atom stereocenters. The van der Waals surface area contributed by atoms with Crippen molar-refractivity contribution in [2.24, 2.45) is 0 Å². The van der Waals surface area contributed by atoms with Gasteiger partial charge in [-0.15, -0.1) is 11.3 Å². The Hall–Kier alpha value is -2.72. The van der Waals surface area contributed by atoms with E-state index in [0.717, 1.165) is 30.7 Å². The second-order valence-corrected chi connectivity index (χ2v) is 12.3. The number of nitrogens with one attached hydrogen (secondary N) is 2. The number of amides is 1. The van der Waals surface area contributed by atoms with Crippen molar-refractivity contribution in [3.63, 3.8) is 0 Å². The fourth-order valence-electron chi connectivity index (χ4n) is 4.23. The molecule has 9 heteroatoms. The smallest absolute Gasteiger partial charge is 0.252 e. The number of benzene rings is 2. The topological polar surface area (TPSA) is 87.7 Å². The predicted molar refractivity (Wildman–Crippen MR) is 143 cm³/mol. The summed E-state index contributed by atoms with van der Waals surface area (Å²) in [6, 6.07) is 19.2. The van der Waals surface area contributed by atoms with Crippen LogP contribution in [0.2, 0.25) is 0 Å². The van der Waals surface area contributed by atoms with Crippen molar-refractivity contribution in [1.82, 2.24) is 14.9 Å². The molecule has 0 radical (unpaired) electrons. The van der Waals surface area contributed by atoms with Crippen molar-refractivity contribution in [1.29, 1.82) is 0 Å². The normalized spacial score (nSPS) is 15.1. The largest absolute Gasteiger partial charge is 0.497 e. The molecule has 2 N–H and O–H groups in total. The standard InChI is InChI=1S/C27H33N3O4S2/c1-20-6-8-21(9-7-20)12-15-28-23-13-16-30(17-14-23)36(32,33)26-11-10-25(35-26)19-29-27(31)22-4-3-5-24(18-22)34-2/h3-11,18,23,28H,12-17,19H2,1-2H3,(H,29,31). The van der Waals surface area contributed by atoms with Gasteiger partial charge in [-0.25, -0.2) is 8.42 Å². The first-order valence-electron chi connectivity index (χ1n) is 12.2. The monoisotopic (exact) mass is 527 g/mol. The quantitative estimate of drug-likeness (QED) is 0.417. The van der Waals surface area contributed by atoms with E-state index in [2.05, 4.69) is 41.8 Å². The molecule has 1 saturated heterocycles. The van der Waals surface area contributed by atoms with E-state index in [1.807, 2.05) is 0 Å². The minimum Gasteiger partial charge on any atom is -0.497 e. The summed E-state index contributed by atoms with van der Waals surface area (Å²) < 4.78 is 33.4. The number of hydrogen-bond acceptors (Lipinski definition) is 6. The Labute approximate surface area is 217 Å². The van der Waals surface area contributed by atoms with Gasteiger partial charge < -0.3 is 15.4 Å². The minimum atomic E-state index is -3.54. The number of carbonyl (C=O) groups excluding carboxylic acids is 1. The van der Waals surface area contributed by atoms with Crippen LogP contribution in [0.3, 0.4) is 0 Å². The van der Waals surface area contributed by atoms with Gasteiger partial charge in [-0.2, -0.15) is 4.31 Å². The van der Waals surface area contributed by atoms with Gasteiger partial charge in [0, 0.05) is 29.6 Å². The molecular formula is C27H33N3O4S2. The Morgan fingerprint density at radius 3 is 2.56 bits per heavy atom. The van der Waals surface area contributed by atoms with Crippen LogP contribution in [-0.4, -0.2) is 51.4 Å². The van der Waals surface area contributed by atoms with E-state index in [9.17, 15) is 13.2 Å². The van der Waals surface area contributed by atoms with E-state index in [4.69, 9.17) is 4.74 Å². The second-order valence-electron chi connectivity index (χ2n) is 9.00. The zero-order valence-electron chi connectivity index (χ0n) is 20.7. The van der Waals surface area contributed by atoms with Crippen LogP contribution >= 0.6 is 11.3 Å². The van der Waals surface area contributed by atoms with E-state index in [-0.39, 0.29) is 12.5 Å². The molecule has 0 saturated carbocycles. The maximum absolute atomic E-state index is 13.2. The van der Waals surface area contributed by atoms with Crippen LogP contribution in [0.5, 0.6) is 5.75 Å². The van der Waals surface area contributed by atoms with Gasteiger partial charge in [0.25, 0.3) is 15.9 Å². The molecule has 36 heavy (non-hydrogen) atoms. The lowest BCUT2D eigenvalue weighted by Gasteiger charge is -2.31. The summed E-state index contributed by atoms with van der Waals surface area (Å²) in [5.74, 6) is 0.376. The number of methoxy groups -OCH3 is 1. The van der Waals surface area contributed by atoms with E-state index in [0.29, 0.717) is 34.7 Å². The van der Waals surface area contributed by atoms with Gasteiger partial charge in [0.2, 0.25) is 0 Å². The zero-order valence-corrected chi connectivity index (χ0v) is 22.3. The lowest BCUT2D eigenvalue weighted by molar-refractivity contribution is 0.0951. The Bertz CT molecular complexity index is 1260. The molecule has 0 bridgehead atoms. The molecule has 0 spiro atoms. The van der Waals surface area contributed by atoms with Gasteiger partial charge in [-0.3, -0.25) is 4.79 Å². The lowest BCUT2D eigenvalue weighted by Crippen LogP contribution is -2.45. The summed E-state index contributed by atoms with van der Waals surface area (Å²) in [4.78, 5) is 13.2. The van der Waals surface area contributed by atoms with Crippen LogP contribution in [0.15, 0.2) is 64.9 Å². The number of thiophene rings is 1. The Balaban J connectivity index is 1.25. The number of piperidine rings is 1. The zero-order chi connectivity index (χ0) is 25.5. The molecular weight excluding hydrogens is 494 g/mol. The summed E-state index contributed by atoms with van der Waals surface area (Å²) in [6.07, 6.45) is 2.55. The fourth-order valence-corrected chi connectivity index (χ4v) is 7.15. The summed E-state index contributed by atoms with van der Waals surface area (Å²) in [7, 11) is -1.99. The molecule has 1 fully saturated rings. The van der Waals surface area contributed by atoms with Crippen LogP contribution < -0.4 is 15.4 Å². The SMILES string of the molecule is COc1cccc(C(=O)NCc2ccc(S(=O)(=O)N3CCC(NCCc4ccc(C)cc4)CC3)s2)c1. The van der Waals surface area contributed by atoms with Gasteiger partial charge in [0.15, 0.2) is 0 Å². The molecule has 1 aliphatic rings. The van der Waals surface area contributed by atoms with Crippen molar-refractivity contribution < 1.29 is 17.9 Å². The molecule has 192 valence electrons. The van der Waals surface area contributed by atoms with Gasteiger partial charge in [0.05, 0.1) is 13.7 Å². The average molecular weight is 528 g/mol. The predicted octanol–water partition coefficient (Wildman–Crippen LogP) is 3.98. The Morgan fingerprint density at radius 2 is 1.83 bits per heavy atom. The number of aryl methyl sites for hydroxylation is 1. The highest BCUT2D eigenvalue weighted by molar-refractivity contribution is 7.91. The maximum atomic E-state index is 13.2. The minimum absolute atomic E-state index is 0.233. The van der Waals surface area contributed by atoms with Crippen LogP contribution in [0.4, 0.5) is 0 Å². The lowest BCUT2D eigenvalue weighted by atomic mass is 10.1. The van der Waals surface area contributed by atoms with Gasteiger partial charge in [-0.05, 0) is 68.6 Å². The van der Waals surface area contributed by atoms with Gasteiger partial charge in [-0.1, -0.05) is 35.9 Å². The van der Waals surface area contributed by atoms with E-state index in [1.165, 1.54) is 22.5 Å². The number of carbonyl (C=O) groups is 1. The average Bonchev–Trinajstić information content (AvgIpc) is 3.39. The Morgan fingerprint density at radius 1 is 1.08 bits per heavy atom. The van der Waals surface area contributed by atoms with Crippen molar-refractivity contribution >= 4 is 27.3 Å². The number of nitrogens with zero attached hydrogens (tertiary/aromatic N) is 1. The number of ether oxygens (including phenoxy) is 1.